The number of aryl methyl sites for hydroxylation is 1. The summed E-state index contributed by atoms with van der Waals surface area (Å²) in [4.78, 5) is 25.7. The van der Waals surface area contributed by atoms with E-state index in [4.69, 9.17) is 5.11 Å². The van der Waals surface area contributed by atoms with Crippen LogP contribution in [0.5, 0.6) is 0 Å². The van der Waals surface area contributed by atoms with E-state index in [-0.39, 0.29) is 22.8 Å². The predicted octanol–water partition coefficient (Wildman–Crippen LogP) is 3.64. The van der Waals surface area contributed by atoms with Crippen LogP contribution in [-0.4, -0.2) is 28.9 Å². The lowest BCUT2D eigenvalue weighted by Gasteiger charge is -2.27. The molecule has 0 bridgehead atoms. The molecule has 2 aliphatic carbocycles. The smallest absolute Gasteiger partial charge is 0.335 e. The van der Waals surface area contributed by atoms with Gasteiger partial charge in [0.1, 0.15) is 0 Å². The topological polar surface area (TPSA) is 57.6 Å². The van der Waals surface area contributed by atoms with E-state index in [0.29, 0.717) is 6.54 Å². The van der Waals surface area contributed by atoms with Gasteiger partial charge < -0.3 is 10.0 Å². The van der Waals surface area contributed by atoms with Gasteiger partial charge in [0.2, 0.25) is 5.91 Å². The van der Waals surface area contributed by atoms with Crippen molar-refractivity contribution in [2.75, 3.05) is 7.05 Å². The number of carbonyl (C=O) groups is 2. The van der Waals surface area contributed by atoms with Gasteiger partial charge in [-0.1, -0.05) is 36.4 Å². The Labute approximate surface area is 153 Å². The van der Waals surface area contributed by atoms with Crippen molar-refractivity contribution in [3.8, 4) is 0 Å². The molecule has 2 aromatic carbocycles. The molecule has 4 nitrogen and oxygen atoms in total. The highest BCUT2D eigenvalue weighted by Gasteiger charge is 2.60. The van der Waals surface area contributed by atoms with E-state index in [2.05, 4.69) is 24.3 Å². The van der Waals surface area contributed by atoms with Crippen LogP contribution in [0.15, 0.2) is 48.5 Å². The second-order valence-electron chi connectivity index (χ2n) is 7.62. The Kier molecular flexibility index (Phi) is 4.06. The minimum Gasteiger partial charge on any atom is -0.478 e. The fourth-order valence-corrected chi connectivity index (χ4v) is 4.53. The number of hydrogen-bond acceptors (Lipinski definition) is 2. The van der Waals surface area contributed by atoms with Gasteiger partial charge in [-0.15, -0.1) is 0 Å². The maximum Gasteiger partial charge on any atom is 0.335 e. The minimum atomic E-state index is -0.933. The molecule has 0 heterocycles. The lowest BCUT2D eigenvalue weighted by Crippen LogP contribution is -2.31. The monoisotopic (exact) mass is 349 g/mol. The Morgan fingerprint density at radius 2 is 1.88 bits per heavy atom. The lowest BCUT2D eigenvalue weighted by molar-refractivity contribution is -0.132. The first kappa shape index (κ1) is 16.8. The number of carbonyl (C=O) groups excluding carboxylic acids is 1. The number of rotatable bonds is 4. The molecular weight excluding hydrogens is 326 g/mol. The van der Waals surface area contributed by atoms with Crippen molar-refractivity contribution in [1.29, 1.82) is 0 Å². The van der Waals surface area contributed by atoms with Crippen molar-refractivity contribution in [2.45, 2.75) is 37.6 Å². The van der Waals surface area contributed by atoms with Crippen LogP contribution in [0, 0.1) is 5.92 Å². The summed E-state index contributed by atoms with van der Waals surface area (Å²) in [6, 6.07) is 15.3. The highest BCUT2D eigenvalue weighted by atomic mass is 16.4. The third kappa shape index (κ3) is 2.79. The van der Waals surface area contributed by atoms with E-state index >= 15 is 0 Å². The number of aromatic carboxylic acids is 1. The summed E-state index contributed by atoms with van der Waals surface area (Å²) in [5, 5.41) is 8.98. The highest BCUT2D eigenvalue weighted by molar-refractivity contribution is 5.87. The summed E-state index contributed by atoms with van der Waals surface area (Å²) in [6.07, 6.45) is 4.32. The molecule has 1 fully saturated rings. The summed E-state index contributed by atoms with van der Waals surface area (Å²) in [5.74, 6) is -0.659. The Bertz CT molecular complexity index is 858. The number of benzene rings is 2. The van der Waals surface area contributed by atoms with Crippen LogP contribution in [0.3, 0.4) is 0 Å². The SMILES string of the molecule is CN(Cc1ccc(C(=O)O)cc1)C(=O)C1CC12CCCc1ccccc12. The molecular formula is C22H23NO3. The van der Waals surface area contributed by atoms with Gasteiger partial charge in [-0.25, -0.2) is 4.79 Å². The van der Waals surface area contributed by atoms with Gasteiger partial charge in [0.25, 0.3) is 0 Å². The number of nitrogens with zero attached hydrogens (tertiary/aromatic N) is 1. The average Bonchev–Trinajstić information content (AvgIpc) is 3.36. The Morgan fingerprint density at radius 3 is 2.62 bits per heavy atom. The Morgan fingerprint density at radius 1 is 1.15 bits per heavy atom. The largest absolute Gasteiger partial charge is 0.478 e. The summed E-state index contributed by atoms with van der Waals surface area (Å²) in [6.45, 7) is 0.507. The fraction of sp³-hybridized carbons (Fsp3) is 0.364. The van der Waals surface area contributed by atoms with E-state index in [1.54, 1.807) is 29.2 Å². The molecule has 1 N–H and O–H groups in total. The number of carboxylic acid groups (broad SMARTS) is 1. The molecule has 0 saturated heterocycles. The molecule has 4 heteroatoms. The number of fused-ring (bicyclic) bond motifs is 2. The first-order chi connectivity index (χ1) is 12.5. The molecule has 2 unspecified atom stereocenters. The molecule has 134 valence electrons. The maximum absolute atomic E-state index is 13.0. The first-order valence-electron chi connectivity index (χ1n) is 9.17. The predicted molar refractivity (Wildman–Crippen MR) is 99.0 cm³/mol. The van der Waals surface area contributed by atoms with Gasteiger partial charge in [0.15, 0.2) is 0 Å². The van der Waals surface area contributed by atoms with Gasteiger partial charge in [-0.2, -0.15) is 0 Å². The molecule has 1 amide bonds. The van der Waals surface area contributed by atoms with Crippen LogP contribution >= 0.6 is 0 Å². The van der Waals surface area contributed by atoms with Gasteiger partial charge >= 0.3 is 5.97 Å². The molecule has 26 heavy (non-hydrogen) atoms. The van der Waals surface area contributed by atoms with E-state index in [9.17, 15) is 9.59 Å². The first-order valence-corrected chi connectivity index (χ1v) is 9.17. The van der Waals surface area contributed by atoms with Crippen LogP contribution in [0.4, 0.5) is 0 Å². The highest BCUT2D eigenvalue weighted by Crippen LogP contribution is 2.60. The quantitative estimate of drug-likeness (QED) is 0.917. The average molecular weight is 349 g/mol. The van der Waals surface area contributed by atoms with Crippen molar-refractivity contribution >= 4 is 11.9 Å². The second kappa shape index (κ2) is 6.27. The van der Waals surface area contributed by atoms with E-state index in [1.807, 2.05) is 7.05 Å². The van der Waals surface area contributed by atoms with Gasteiger partial charge in [0.05, 0.1) is 5.56 Å². The maximum atomic E-state index is 13.0. The number of carboxylic acids is 1. The van der Waals surface area contributed by atoms with E-state index < -0.39 is 5.97 Å². The molecule has 1 saturated carbocycles. The summed E-state index contributed by atoms with van der Waals surface area (Å²) in [7, 11) is 1.84. The zero-order valence-electron chi connectivity index (χ0n) is 14.9. The van der Waals surface area contributed by atoms with Crippen LogP contribution in [-0.2, 0) is 23.2 Å². The summed E-state index contributed by atoms with van der Waals surface area (Å²) < 4.78 is 0. The second-order valence-corrected chi connectivity index (χ2v) is 7.62. The summed E-state index contributed by atoms with van der Waals surface area (Å²) in [5.41, 5.74) is 4.05. The van der Waals surface area contributed by atoms with Gasteiger partial charge in [-0.3, -0.25) is 4.79 Å². The van der Waals surface area contributed by atoms with Crippen molar-refractivity contribution < 1.29 is 14.7 Å². The fourth-order valence-electron chi connectivity index (χ4n) is 4.53. The molecule has 2 aliphatic rings. The molecule has 2 aromatic rings. The number of hydrogen-bond donors (Lipinski definition) is 1. The normalized spacial score (nSPS) is 23.3. The molecule has 0 aromatic heterocycles. The Hall–Kier alpha value is -2.62. The van der Waals surface area contributed by atoms with Crippen LogP contribution in [0.1, 0.15) is 46.3 Å². The molecule has 2 atom stereocenters. The van der Waals surface area contributed by atoms with Gasteiger partial charge in [-0.05, 0) is 54.5 Å². The molecule has 0 aliphatic heterocycles. The van der Waals surface area contributed by atoms with Crippen LogP contribution in [0.2, 0.25) is 0 Å². The zero-order chi connectivity index (χ0) is 18.3. The minimum absolute atomic E-state index is 0.0490. The molecule has 0 radical (unpaired) electrons. The lowest BCUT2D eigenvalue weighted by atomic mass is 9.78. The number of amides is 1. The van der Waals surface area contributed by atoms with Crippen molar-refractivity contribution in [1.82, 2.24) is 4.90 Å². The van der Waals surface area contributed by atoms with E-state index in [1.165, 1.54) is 11.1 Å². The Balaban J connectivity index is 1.47. The third-order valence-electron chi connectivity index (χ3n) is 5.99. The van der Waals surface area contributed by atoms with Crippen molar-refractivity contribution in [2.24, 2.45) is 5.92 Å². The van der Waals surface area contributed by atoms with Crippen LogP contribution in [0.25, 0.3) is 0 Å². The van der Waals surface area contributed by atoms with Crippen molar-refractivity contribution in [3.05, 3.63) is 70.8 Å². The van der Waals surface area contributed by atoms with Crippen LogP contribution < -0.4 is 0 Å². The third-order valence-corrected chi connectivity index (χ3v) is 5.99. The molecule has 1 spiro atoms. The standard InChI is InChI=1S/C22H23NO3/c1-23(14-15-8-10-17(11-9-15)21(25)26)20(24)19-13-22(19)12-4-6-16-5-2-3-7-18(16)22/h2-3,5,7-11,19H,4,6,12-14H2,1H3,(H,25,26). The summed E-state index contributed by atoms with van der Waals surface area (Å²) >= 11 is 0. The van der Waals surface area contributed by atoms with E-state index in [0.717, 1.165) is 31.2 Å². The van der Waals surface area contributed by atoms with Crippen molar-refractivity contribution in [3.63, 3.8) is 0 Å². The van der Waals surface area contributed by atoms with Gasteiger partial charge in [0, 0.05) is 24.9 Å². The zero-order valence-corrected chi connectivity index (χ0v) is 14.9. The molecule has 4 rings (SSSR count).